The summed E-state index contributed by atoms with van der Waals surface area (Å²) in [6.07, 6.45) is 6.03. The number of hydrogen-bond acceptors (Lipinski definition) is 5. The Labute approximate surface area is 135 Å². The molecule has 1 saturated heterocycles. The molecule has 2 aromatic heterocycles. The van der Waals surface area contributed by atoms with E-state index in [1.165, 1.54) is 0 Å². The maximum atomic E-state index is 11.2. The van der Waals surface area contributed by atoms with E-state index in [2.05, 4.69) is 14.9 Å². The van der Waals surface area contributed by atoms with Crippen molar-refractivity contribution in [3.63, 3.8) is 0 Å². The Morgan fingerprint density at radius 2 is 2.30 bits per heavy atom. The van der Waals surface area contributed by atoms with Crippen LogP contribution in [0.4, 0.5) is 5.82 Å². The van der Waals surface area contributed by atoms with Crippen LogP contribution in [0.3, 0.4) is 0 Å². The number of carbonyl (C=O) groups is 1. The highest BCUT2D eigenvalue weighted by Crippen LogP contribution is 2.25. The molecular weight excluding hydrogens is 290 g/mol. The third-order valence-corrected chi connectivity index (χ3v) is 4.09. The molecule has 1 atom stereocenters. The second kappa shape index (κ2) is 6.73. The number of nitrogens with zero attached hydrogens (tertiary/aromatic N) is 4. The number of nitrogens with two attached hydrogens (primary N) is 1. The van der Waals surface area contributed by atoms with E-state index in [-0.39, 0.29) is 5.91 Å². The average Bonchev–Trinajstić information content (AvgIpc) is 2.55. The molecule has 0 spiro atoms. The molecule has 2 aromatic rings. The normalized spacial score (nSPS) is 18.0. The summed E-state index contributed by atoms with van der Waals surface area (Å²) < 4.78 is 0. The van der Waals surface area contributed by atoms with Gasteiger partial charge in [-0.25, -0.2) is 9.97 Å². The molecular formula is C17H21N5O. The van der Waals surface area contributed by atoms with Crippen LogP contribution in [0.2, 0.25) is 0 Å². The summed E-state index contributed by atoms with van der Waals surface area (Å²) in [7, 11) is 0. The van der Waals surface area contributed by atoms with Gasteiger partial charge in [0.1, 0.15) is 5.82 Å². The number of piperidine rings is 1. The predicted molar refractivity (Wildman–Crippen MR) is 88.7 cm³/mol. The Balaban J connectivity index is 1.85. The Morgan fingerprint density at radius 1 is 1.43 bits per heavy atom. The van der Waals surface area contributed by atoms with E-state index in [4.69, 9.17) is 10.7 Å². The van der Waals surface area contributed by atoms with Crippen LogP contribution < -0.4 is 10.6 Å². The van der Waals surface area contributed by atoms with Crippen molar-refractivity contribution >= 4 is 11.7 Å². The maximum Gasteiger partial charge on any atom is 0.217 e. The van der Waals surface area contributed by atoms with Gasteiger partial charge < -0.3 is 10.6 Å². The fourth-order valence-electron chi connectivity index (χ4n) is 3.06. The molecule has 3 heterocycles. The molecule has 3 rings (SSSR count). The molecule has 6 heteroatoms. The third-order valence-electron chi connectivity index (χ3n) is 4.09. The first-order valence-corrected chi connectivity index (χ1v) is 7.91. The molecule has 1 fully saturated rings. The molecule has 0 aliphatic carbocycles. The van der Waals surface area contributed by atoms with Crippen molar-refractivity contribution in [1.82, 2.24) is 15.0 Å². The molecule has 1 unspecified atom stereocenters. The zero-order chi connectivity index (χ0) is 16.2. The molecule has 6 nitrogen and oxygen atoms in total. The summed E-state index contributed by atoms with van der Waals surface area (Å²) in [6, 6.07) is 5.83. The van der Waals surface area contributed by atoms with Crippen molar-refractivity contribution < 1.29 is 4.79 Å². The molecule has 23 heavy (non-hydrogen) atoms. The topological polar surface area (TPSA) is 85.0 Å². The first-order chi connectivity index (χ1) is 11.1. The number of carbonyl (C=O) groups excluding carboxylic acids is 1. The molecule has 1 amide bonds. The first-order valence-electron chi connectivity index (χ1n) is 7.91. The number of pyridine rings is 1. The standard InChI is InChI=1S/C17H21N5O/c1-12-8-16(21-17(20-12)14-5-2-6-19-10-14)22-7-3-4-13(11-22)9-15(18)23/h2,5-6,8,10,13H,3-4,7,9,11H2,1H3,(H2,18,23). The zero-order valence-electron chi connectivity index (χ0n) is 13.3. The molecule has 1 aliphatic heterocycles. The van der Waals surface area contributed by atoms with Gasteiger partial charge in [0.2, 0.25) is 5.91 Å². The minimum atomic E-state index is -0.230. The zero-order valence-corrected chi connectivity index (χ0v) is 13.3. The van der Waals surface area contributed by atoms with Crippen LogP contribution in [0.1, 0.15) is 25.0 Å². The fraction of sp³-hybridized carbons (Fsp3) is 0.412. The van der Waals surface area contributed by atoms with Crippen molar-refractivity contribution in [3.8, 4) is 11.4 Å². The van der Waals surface area contributed by atoms with Crippen LogP contribution in [-0.4, -0.2) is 33.9 Å². The van der Waals surface area contributed by atoms with Crippen molar-refractivity contribution in [1.29, 1.82) is 0 Å². The van der Waals surface area contributed by atoms with Crippen LogP contribution in [0, 0.1) is 12.8 Å². The monoisotopic (exact) mass is 311 g/mol. The maximum absolute atomic E-state index is 11.2. The Bertz CT molecular complexity index is 689. The minimum absolute atomic E-state index is 0.230. The van der Waals surface area contributed by atoms with Gasteiger partial charge in [-0.2, -0.15) is 0 Å². The van der Waals surface area contributed by atoms with Gasteiger partial charge in [0.15, 0.2) is 5.82 Å². The highest BCUT2D eigenvalue weighted by Gasteiger charge is 2.23. The summed E-state index contributed by atoms with van der Waals surface area (Å²) in [4.78, 5) is 26.7. The molecule has 120 valence electrons. The van der Waals surface area contributed by atoms with Crippen LogP contribution in [-0.2, 0) is 4.79 Å². The Kier molecular flexibility index (Phi) is 4.50. The van der Waals surface area contributed by atoms with Crippen molar-refractivity contribution in [2.45, 2.75) is 26.2 Å². The average molecular weight is 311 g/mol. The quantitative estimate of drug-likeness (QED) is 0.932. The van der Waals surface area contributed by atoms with E-state index in [1.807, 2.05) is 25.1 Å². The Morgan fingerprint density at radius 3 is 3.04 bits per heavy atom. The van der Waals surface area contributed by atoms with E-state index in [1.54, 1.807) is 12.4 Å². The number of hydrogen-bond donors (Lipinski definition) is 1. The van der Waals surface area contributed by atoms with E-state index in [0.29, 0.717) is 18.2 Å². The van der Waals surface area contributed by atoms with E-state index >= 15 is 0 Å². The van der Waals surface area contributed by atoms with Crippen LogP contribution in [0.25, 0.3) is 11.4 Å². The summed E-state index contributed by atoms with van der Waals surface area (Å²) >= 11 is 0. The van der Waals surface area contributed by atoms with Gasteiger partial charge in [0.25, 0.3) is 0 Å². The lowest BCUT2D eigenvalue weighted by atomic mass is 9.94. The highest BCUT2D eigenvalue weighted by atomic mass is 16.1. The van der Waals surface area contributed by atoms with Gasteiger partial charge in [0, 0.05) is 49.2 Å². The van der Waals surface area contributed by atoms with Crippen LogP contribution in [0.15, 0.2) is 30.6 Å². The molecule has 2 N–H and O–H groups in total. The number of rotatable bonds is 4. The molecule has 0 saturated carbocycles. The number of aryl methyl sites for hydroxylation is 1. The molecule has 0 radical (unpaired) electrons. The lowest BCUT2D eigenvalue weighted by Gasteiger charge is -2.33. The van der Waals surface area contributed by atoms with Gasteiger partial charge in [-0.3, -0.25) is 9.78 Å². The second-order valence-electron chi connectivity index (χ2n) is 6.06. The largest absolute Gasteiger partial charge is 0.370 e. The van der Waals surface area contributed by atoms with Gasteiger partial charge >= 0.3 is 0 Å². The van der Waals surface area contributed by atoms with Gasteiger partial charge in [-0.1, -0.05) is 0 Å². The molecule has 1 aliphatic rings. The number of amides is 1. The van der Waals surface area contributed by atoms with Crippen LogP contribution in [0.5, 0.6) is 0 Å². The van der Waals surface area contributed by atoms with E-state index in [9.17, 15) is 4.79 Å². The number of aromatic nitrogens is 3. The van der Waals surface area contributed by atoms with E-state index < -0.39 is 0 Å². The van der Waals surface area contributed by atoms with Gasteiger partial charge in [0.05, 0.1) is 0 Å². The Hall–Kier alpha value is -2.50. The summed E-state index contributed by atoms with van der Waals surface area (Å²) in [6.45, 7) is 3.72. The van der Waals surface area contributed by atoms with Gasteiger partial charge in [-0.15, -0.1) is 0 Å². The number of primary amides is 1. The fourth-order valence-corrected chi connectivity index (χ4v) is 3.06. The lowest BCUT2D eigenvalue weighted by molar-refractivity contribution is -0.118. The van der Waals surface area contributed by atoms with Crippen LogP contribution >= 0.6 is 0 Å². The summed E-state index contributed by atoms with van der Waals surface area (Å²) in [5, 5.41) is 0. The molecule has 0 bridgehead atoms. The third kappa shape index (κ3) is 3.83. The first kappa shape index (κ1) is 15.4. The van der Waals surface area contributed by atoms with Crippen molar-refractivity contribution in [2.24, 2.45) is 11.7 Å². The molecule has 0 aromatic carbocycles. The lowest BCUT2D eigenvalue weighted by Crippen LogP contribution is -2.37. The summed E-state index contributed by atoms with van der Waals surface area (Å²) in [5.74, 6) is 1.67. The summed E-state index contributed by atoms with van der Waals surface area (Å²) in [5.41, 5.74) is 7.17. The van der Waals surface area contributed by atoms with Gasteiger partial charge in [-0.05, 0) is 37.8 Å². The smallest absolute Gasteiger partial charge is 0.217 e. The SMILES string of the molecule is Cc1cc(N2CCCC(CC(N)=O)C2)nc(-c2cccnc2)n1. The highest BCUT2D eigenvalue weighted by molar-refractivity contribution is 5.74. The minimum Gasteiger partial charge on any atom is -0.370 e. The van der Waals surface area contributed by atoms with E-state index in [0.717, 1.165) is 43.0 Å². The predicted octanol–water partition coefficient (Wildman–Crippen LogP) is 1.94. The number of anilines is 1. The van der Waals surface area contributed by atoms with Crippen molar-refractivity contribution in [3.05, 3.63) is 36.3 Å². The second-order valence-corrected chi connectivity index (χ2v) is 6.06. The van der Waals surface area contributed by atoms with Crippen molar-refractivity contribution in [2.75, 3.05) is 18.0 Å².